The molecule has 3 aromatic heterocycles. The summed E-state index contributed by atoms with van der Waals surface area (Å²) in [5.41, 5.74) is 5.95. The third-order valence-electron chi connectivity index (χ3n) is 4.49. The van der Waals surface area contributed by atoms with Gasteiger partial charge in [0.1, 0.15) is 5.75 Å². The Labute approximate surface area is 180 Å². The van der Waals surface area contributed by atoms with Gasteiger partial charge in [-0.05, 0) is 54.6 Å². The molecular formula is C21H15ClN6OS. The molecule has 0 fully saturated rings. The van der Waals surface area contributed by atoms with Crippen molar-refractivity contribution in [2.24, 2.45) is 0 Å². The summed E-state index contributed by atoms with van der Waals surface area (Å²) in [6.45, 7) is 0. The number of pyridine rings is 1. The lowest BCUT2D eigenvalue weighted by Crippen LogP contribution is -2.12. The fourth-order valence-electron chi connectivity index (χ4n) is 3.03. The van der Waals surface area contributed by atoms with Gasteiger partial charge in [0, 0.05) is 28.5 Å². The third-order valence-corrected chi connectivity index (χ3v) is 5.66. The minimum atomic E-state index is 0.630. The Kier molecular flexibility index (Phi) is 4.78. The SMILES string of the molecule is COc1ccc2nc(Nn3c(-c4ccc(Cl)cc4)nnc3-c3cccnc3)sc2c1. The topological polar surface area (TPSA) is 77.8 Å². The van der Waals surface area contributed by atoms with E-state index in [4.69, 9.17) is 16.3 Å². The summed E-state index contributed by atoms with van der Waals surface area (Å²) in [5.74, 6) is 2.06. The average Bonchev–Trinajstić information content (AvgIpc) is 3.38. The number of ether oxygens (including phenoxy) is 1. The van der Waals surface area contributed by atoms with Crippen LogP contribution in [0.4, 0.5) is 5.13 Å². The lowest BCUT2D eigenvalue weighted by Gasteiger charge is -2.11. The number of anilines is 1. The highest BCUT2D eigenvalue weighted by atomic mass is 35.5. The Morgan fingerprint density at radius 2 is 1.80 bits per heavy atom. The van der Waals surface area contributed by atoms with Crippen molar-refractivity contribution in [3.63, 3.8) is 0 Å². The van der Waals surface area contributed by atoms with Gasteiger partial charge in [-0.2, -0.15) is 0 Å². The van der Waals surface area contributed by atoms with Crippen molar-refractivity contribution in [3.8, 4) is 28.5 Å². The number of nitrogens with one attached hydrogen (secondary N) is 1. The molecule has 1 N–H and O–H groups in total. The number of aromatic nitrogens is 5. The Morgan fingerprint density at radius 1 is 1.00 bits per heavy atom. The van der Waals surface area contributed by atoms with E-state index >= 15 is 0 Å². The van der Waals surface area contributed by atoms with Crippen LogP contribution in [0.15, 0.2) is 67.0 Å². The molecule has 0 amide bonds. The van der Waals surface area contributed by atoms with Crippen LogP contribution in [0.25, 0.3) is 33.0 Å². The molecule has 0 unspecified atom stereocenters. The van der Waals surface area contributed by atoms with Crippen molar-refractivity contribution in [1.82, 2.24) is 24.8 Å². The standard InChI is InChI=1S/C21H15ClN6OS/c1-29-16-8-9-17-18(11-16)30-21(24-17)27-28-19(13-4-6-15(22)7-5-13)25-26-20(28)14-3-2-10-23-12-14/h2-12H,1H3,(H,24,27). The maximum atomic E-state index is 6.05. The molecule has 5 aromatic rings. The van der Waals surface area contributed by atoms with E-state index in [1.165, 1.54) is 11.3 Å². The predicted octanol–water partition coefficient (Wildman–Crippen LogP) is 5.15. The summed E-state index contributed by atoms with van der Waals surface area (Å²) >= 11 is 7.57. The van der Waals surface area contributed by atoms with Gasteiger partial charge >= 0.3 is 0 Å². The van der Waals surface area contributed by atoms with Crippen LogP contribution in [0.5, 0.6) is 5.75 Å². The number of nitrogens with zero attached hydrogens (tertiary/aromatic N) is 5. The maximum absolute atomic E-state index is 6.05. The zero-order valence-electron chi connectivity index (χ0n) is 15.8. The molecule has 5 rings (SSSR count). The molecule has 30 heavy (non-hydrogen) atoms. The summed E-state index contributed by atoms with van der Waals surface area (Å²) in [4.78, 5) is 8.89. The van der Waals surface area contributed by atoms with Gasteiger partial charge in [-0.15, -0.1) is 10.2 Å². The monoisotopic (exact) mass is 434 g/mol. The first-order valence-electron chi connectivity index (χ1n) is 9.04. The molecule has 0 aliphatic carbocycles. The molecule has 0 saturated carbocycles. The van der Waals surface area contributed by atoms with Crippen LogP contribution in [-0.4, -0.2) is 32.0 Å². The van der Waals surface area contributed by atoms with Crippen LogP contribution < -0.4 is 10.2 Å². The first kappa shape index (κ1) is 18.5. The number of benzene rings is 2. The molecule has 0 aliphatic heterocycles. The van der Waals surface area contributed by atoms with Gasteiger partial charge in [0.25, 0.3) is 0 Å². The van der Waals surface area contributed by atoms with E-state index in [1.807, 2.05) is 59.3 Å². The second-order valence-corrected chi connectivity index (χ2v) is 7.86. The largest absolute Gasteiger partial charge is 0.497 e. The Morgan fingerprint density at radius 3 is 2.53 bits per heavy atom. The number of halogens is 1. The van der Waals surface area contributed by atoms with Gasteiger partial charge in [0.05, 0.1) is 17.3 Å². The number of fused-ring (bicyclic) bond motifs is 1. The molecule has 3 heterocycles. The summed E-state index contributed by atoms with van der Waals surface area (Å²) in [6.07, 6.45) is 3.47. The fraction of sp³-hybridized carbons (Fsp3) is 0.0476. The van der Waals surface area contributed by atoms with Crippen LogP contribution in [0.3, 0.4) is 0 Å². The molecule has 148 valence electrons. The highest BCUT2D eigenvalue weighted by Gasteiger charge is 2.17. The molecule has 7 nitrogen and oxygen atoms in total. The molecule has 2 aromatic carbocycles. The zero-order chi connectivity index (χ0) is 20.5. The zero-order valence-corrected chi connectivity index (χ0v) is 17.4. The minimum Gasteiger partial charge on any atom is -0.497 e. The molecular weight excluding hydrogens is 420 g/mol. The van der Waals surface area contributed by atoms with Crippen LogP contribution >= 0.6 is 22.9 Å². The molecule has 0 aliphatic rings. The van der Waals surface area contributed by atoms with Crippen molar-refractivity contribution in [2.45, 2.75) is 0 Å². The molecule has 0 radical (unpaired) electrons. The van der Waals surface area contributed by atoms with E-state index < -0.39 is 0 Å². The molecule has 0 spiro atoms. The number of methoxy groups -OCH3 is 1. The number of hydrogen-bond donors (Lipinski definition) is 1. The second kappa shape index (κ2) is 7.74. The lowest BCUT2D eigenvalue weighted by molar-refractivity contribution is 0.415. The Balaban J connectivity index is 1.61. The van der Waals surface area contributed by atoms with Crippen molar-refractivity contribution in [2.75, 3.05) is 12.5 Å². The second-order valence-electron chi connectivity index (χ2n) is 6.40. The fourth-order valence-corrected chi connectivity index (χ4v) is 4.04. The van der Waals surface area contributed by atoms with Gasteiger partial charge in [-0.3, -0.25) is 10.4 Å². The van der Waals surface area contributed by atoms with E-state index in [0.29, 0.717) is 21.8 Å². The van der Waals surface area contributed by atoms with E-state index in [-0.39, 0.29) is 0 Å². The number of thiazole rings is 1. The average molecular weight is 435 g/mol. The summed E-state index contributed by atoms with van der Waals surface area (Å²) < 4.78 is 8.15. The minimum absolute atomic E-state index is 0.630. The third kappa shape index (κ3) is 3.47. The van der Waals surface area contributed by atoms with Crippen LogP contribution in [0, 0.1) is 0 Å². The summed E-state index contributed by atoms with van der Waals surface area (Å²) in [6, 6.07) is 17.0. The first-order chi connectivity index (χ1) is 14.7. The van der Waals surface area contributed by atoms with E-state index in [2.05, 4.69) is 25.6 Å². The Bertz CT molecular complexity index is 1320. The van der Waals surface area contributed by atoms with E-state index in [0.717, 1.165) is 27.1 Å². The summed E-state index contributed by atoms with van der Waals surface area (Å²) in [7, 11) is 1.65. The molecule has 0 atom stereocenters. The predicted molar refractivity (Wildman–Crippen MR) is 119 cm³/mol. The van der Waals surface area contributed by atoms with Crippen molar-refractivity contribution >= 4 is 38.3 Å². The highest BCUT2D eigenvalue weighted by molar-refractivity contribution is 7.22. The number of hydrogen-bond acceptors (Lipinski definition) is 7. The molecule has 9 heteroatoms. The summed E-state index contributed by atoms with van der Waals surface area (Å²) in [5, 5.41) is 10.2. The van der Waals surface area contributed by atoms with Crippen LogP contribution in [0.2, 0.25) is 5.02 Å². The van der Waals surface area contributed by atoms with Crippen LogP contribution in [0.1, 0.15) is 0 Å². The van der Waals surface area contributed by atoms with Crippen molar-refractivity contribution < 1.29 is 4.74 Å². The maximum Gasteiger partial charge on any atom is 0.203 e. The van der Waals surface area contributed by atoms with Crippen LogP contribution in [-0.2, 0) is 0 Å². The van der Waals surface area contributed by atoms with E-state index in [9.17, 15) is 0 Å². The van der Waals surface area contributed by atoms with Gasteiger partial charge in [-0.25, -0.2) is 9.66 Å². The highest BCUT2D eigenvalue weighted by Crippen LogP contribution is 2.31. The quantitative estimate of drug-likeness (QED) is 0.412. The van der Waals surface area contributed by atoms with Gasteiger partial charge in [0.15, 0.2) is 11.6 Å². The van der Waals surface area contributed by atoms with Gasteiger partial charge < -0.3 is 4.74 Å². The number of rotatable bonds is 5. The van der Waals surface area contributed by atoms with Gasteiger partial charge in [-0.1, -0.05) is 22.9 Å². The smallest absolute Gasteiger partial charge is 0.203 e. The molecule has 0 bridgehead atoms. The first-order valence-corrected chi connectivity index (χ1v) is 10.2. The normalized spacial score (nSPS) is 11.0. The van der Waals surface area contributed by atoms with E-state index in [1.54, 1.807) is 19.5 Å². The van der Waals surface area contributed by atoms with Crippen molar-refractivity contribution in [3.05, 3.63) is 72.0 Å². The van der Waals surface area contributed by atoms with Gasteiger partial charge in [0.2, 0.25) is 5.13 Å². The Hall–Kier alpha value is -3.49. The van der Waals surface area contributed by atoms with Crippen molar-refractivity contribution in [1.29, 1.82) is 0 Å². The lowest BCUT2D eigenvalue weighted by atomic mass is 10.2. The molecule has 0 saturated heterocycles.